The SMILES string of the molecule is CNC(=O)COc1cc(Br)c2c(c1C)CC(CO[Si](C)(C)C(C)(C)C)C2. The Balaban J connectivity index is 2.09. The molecule has 2 rings (SSSR count). The second kappa shape index (κ2) is 8.03. The van der Waals surface area contributed by atoms with Gasteiger partial charge in [0, 0.05) is 18.1 Å². The molecular formula is C20H32BrNO3Si. The van der Waals surface area contributed by atoms with E-state index in [-0.39, 0.29) is 17.6 Å². The van der Waals surface area contributed by atoms with E-state index in [1.807, 2.05) is 6.07 Å². The summed E-state index contributed by atoms with van der Waals surface area (Å²) >= 11 is 3.69. The Morgan fingerprint density at radius 3 is 2.50 bits per heavy atom. The summed E-state index contributed by atoms with van der Waals surface area (Å²) in [5.41, 5.74) is 3.84. The largest absolute Gasteiger partial charge is 0.483 e. The summed E-state index contributed by atoms with van der Waals surface area (Å²) in [6.07, 6.45) is 2.03. The minimum Gasteiger partial charge on any atom is -0.483 e. The lowest BCUT2D eigenvalue weighted by atomic mass is 10.0. The number of carbonyl (C=O) groups is 1. The molecule has 26 heavy (non-hydrogen) atoms. The van der Waals surface area contributed by atoms with Crippen LogP contribution in [0.4, 0.5) is 0 Å². The Morgan fingerprint density at radius 1 is 1.31 bits per heavy atom. The average molecular weight is 442 g/mol. The molecule has 4 nitrogen and oxygen atoms in total. The zero-order valence-corrected chi connectivity index (χ0v) is 19.7. The van der Waals surface area contributed by atoms with Gasteiger partial charge < -0.3 is 14.5 Å². The normalized spacial score (nSPS) is 17.2. The summed E-state index contributed by atoms with van der Waals surface area (Å²) in [7, 11) is -0.109. The second-order valence-electron chi connectivity index (χ2n) is 8.75. The van der Waals surface area contributed by atoms with E-state index in [2.05, 4.69) is 62.0 Å². The van der Waals surface area contributed by atoms with Crippen molar-refractivity contribution in [1.82, 2.24) is 5.32 Å². The van der Waals surface area contributed by atoms with Crippen molar-refractivity contribution in [1.29, 1.82) is 0 Å². The highest BCUT2D eigenvalue weighted by atomic mass is 79.9. The standard InChI is InChI=1S/C20H32BrNO3Si/c1-13-15-8-14(11-25-26(6,7)20(2,3)4)9-16(15)17(21)10-18(13)24-12-19(23)22-5/h10,14H,8-9,11-12H2,1-7H3,(H,22,23). The number of hydrogen-bond donors (Lipinski definition) is 1. The first kappa shape index (κ1) is 21.4. The monoisotopic (exact) mass is 441 g/mol. The fourth-order valence-electron chi connectivity index (χ4n) is 3.00. The topological polar surface area (TPSA) is 47.6 Å². The van der Waals surface area contributed by atoms with Crippen molar-refractivity contribution in [2.75, 3.05) is 20.3 Å². The lowest BCUT2D eigenvalue weighted by Gasteiger charge is -2.37. The quantitative estimate of drug-likeness (QED) is 0.654. The van der Waals surface area contributed by atoms with E-state index in [4.69, 9.17) is 9.16 Å². The van der Waals surface area contributed by atoms with E-state index in [0.29, 0.717) is 5.92 Å². The van der Waals surface area contributed by atoms with Crippen LogP contribution < -0.4 is 10.1 Å². The Bertz CT molecular complexity index is 683. The van der Waals surface area contributed by atoms with Crippen molar-refractivity contribution >= 4 is 30.2 Å². The molecule has 1 atom stereocenters. The van der Waals surface area contributed by atoms with Crippen LogP contribution in [0.3, 0.4) is 0 Å². The smallest absolute Gasteiger partial charge is 0.257 e. The van der Waals surface area contributed by atoms with Crippen molar-refractivity contribution in [3.8, 4) is 5.75 Å². The number of fused-ring (bicyclic) bond motifs is 1. The number of benzene rings is 1. The molecule has 0 heterocycles. The number of amides is 1. The Morgan fingerprint density at radius 2 is 1.92 bits per heavy atom. The van der Waals surface area contributed by atoms with E-state index < -0.39 is 8.32 Å². The van der Waals surface area contributed by atoms with Gasteiger partial charge in [-0.2, -0.15) is 0 Å². The molecule has 1 unspecified atom stereocenters. The van der Waals surface area contributed by atoms with Crippen molar-refractivity contribution in [2.24, 2.45) is 5.92 Å². The first-order valence-electron chi connectivity index (χ1n) is 9.24. The van der Waals surface area contributed by atoms with Crippen LogP contribution in [0.2, 0.25) is 18.1 Å². The minimum atomic E-state index is -1.72. The summed E-state index contributed by atoms with van der Waals surface area (Å²) in [6, 6.07) is 1.99. The van der Waals surface area contributed by atoms with E-state index in [1.165, 1.54) is 11.1 Å². The maximum atomic E-state index is 11.5. The second-order valence-corrected chi connectivity index (χ2v) is 14.4. The average Bonchev–Trinajstić information content (AvgIpc) is 2.99. The number of rotatable bonds is 6. The van der Waals surface area contributed by atoms with Gasteiger partial charge in [-0.15, -0.1) is 0 Å². The number of carbonyl (C=O) groups excluding carboxylic acids is 1. The number of nitrogens with one attached hydrogen (secondary N) is 1. The minimum absolute atomic E-state index is 0.0421. The van der Waals surface area contributed by atoms with Crippen LogP contribution in [0, 0.1) is 12.8 Å². The molecule has 1 amide bonds. The van der Waals surface area contributed by atoms with Gasteiger partial charge in [0.15, 0.2) is 14.9 Å². The van der Waals surface area contributed by atoms with Crippen LogP contribution in [-0.2, 0) is 22.1 Å². The van der Waals surface area contributed by atoms with E-state index >= 15 is 0 Å². The molecule has 0 aliphatic heterocycles. The molecule has 1 aromatic carbocycles. The highest BCUT2D eigenvalue weighted by molar-refractivity contribution is 9.10. The van der Waals surface area contributed by atoms with Gasteiger partial charge >= 0.3 is 0 Å². The predicted molar refractivity (Wildman–Crippen MR) is 112 cm³/mol. The molecule has 0 saturated heterocycles. The molecule has 0 spiro atoms. The van der Waals surface area contributed by atoms with E-state index in [9.17, 15) is 4.79 Å². The van der Waals surface area contributed by atoms with Crippen molar-refractivity contribution in [3.63, 3.8) is 0 Å². The van der Waals surface area contributed by atoms with E-state index in [0.717, 1.165) is 35.2 Å². The van der Waals surface area contributed by atoms with Crippen LogP contribution in [-0.4, -0.2) is 34.5 Å². The van der Waals surface area contributed by atoms with Gasteiger partial charge in [0.25, 0.3) is 5.91 Å². The van der Waals surface area contributed by atoms with Crippen LogP contribution in [0.15, 0.2) is 10.5 Å². The summed E-state index contributed by atoms with van der Waals surface area (Å²) in [5, 5.41) is 2.82. The van der Waals surface area contributed by atoms with Gasteiger partial charge in [0.05, 0.1) is 0 Å². The van der Waals surface area contributed by atoms with Gasteiger partial charge in [0.1, 0.15) is 5.75 Å². The van der Waals surface area contributed by atoms with Gasteiger partial charge in [-0.25, -0.2) is 0 Å². The summed E-state index contributed by atoms with van der Waals surface area (Å²) in [4.78, 5) is 11.5. The first-order valence-corrected chi connectivity index (χ1v) is 12.9. The van der Waals surface area contributed by atoms with Crippen molar-refractivity contribution in [2.45, 2.75) is 58.7 Å². The molecule has 1 aromatic rings. The molecule has 0 aromatic heterocycles. The maximum absolute atomic E-state index is 11.5. The van der Waals surface area contributed by atoms with Crippen molar-refractivity contribution in [3.05, 3.63) is 27.2 Å². The molecule has 1 N–H and O–H groups in total. The highest BCUT2D eigenvalue weighted by Gasteiger charge is 2.38. The Kier molecular flexibility index (Phi) is 6.62. The third-order valence-corrected chi connectivity index (χ3v) is 11.1. The zero-order chi connectivity index (χ0) is 19.7. The number of ether oxygens (including phenoxy) is 1. The predicted octanol–water partition coefficient (Wildman–Crippen LogP) is 4.62. The lowest BCUT2D eigenvalue weighted by Crippen LogP contribution is -2.42. The first-order chi connectivity index (χ1) is 12.0. The third-order valence-electron chi connectivity index (χ3n) is 5.84. The Labute approximate surface area is 167 Å². The fourth-order valence-corrected chi connectivity index (χ4v) is 4.70. The molecule has 6 heteroatoms. The van der Waals surface area contributed by atoms with Crippen molar-refractivity contribution < 1.29 is 14.0 Å². The number of hydrogen-bond acceptors (Lipinski definition) is 3. The zero-order valence-electron chi connectivity index (χ0n) is 17.1. The molecule has 0 fully saturated rings. The fraction of sp³-hybridized carbons (Fsp3) is 0.650. The van der Waals surface area contributed by atoms with Crippen LogP contribution in [0.5, 0.6) is 5.75 Å². The molecule has 0 radical (unpaired) electrons. The molecule has 146 valence electrons. The number of likely N-dealkylation sites (N-methyl/N-ethyl adjacent to an activating group) is 1. The highest BCUT2D eigenvalue weighted by Crippen LogP contribution is 2.41. The summed E-state index contributed by atoms with van der Waals surface area (Å²) < 4.78 is 13.2. The third kappa shape index (κ3) is 4.70. The molecule has 1 aliphatic carbocycles. The van der Waals surface area contributed by atoms with Gasteiger partial charge in [0.2, 0.25) is 0 Å². The number of halogens is 1. The molecular weight excluding hydrogens is 410 g/mol. The molecule has 0 bridgehead atoms. The maximum Gasteiger partial charge on any atom is 0.257 e. The Hall–Kier alpha value is -0.853. The van der Waals surface area contributed by atoms with Gasteiger partial charge in [-0.3, -0.25) is 4.79 Å². The van der Waals surface area contributed by atoms with Crippen LogP contribution >= 0.6 is 15.9 Å². The summed E-state index contributed by atoms with van der Waals surface area (Å²) in [6.45, 7) is 14.4. The van der Waals surface area contributed by atoms with Crippen LogP contribution in [0.1, 0.15) is 37.5 Å². The van der Waals surface area contributed by atoms with Gasteiger partial charge in [-0.1, -0.05) is 36.7 Å². The summed E-state index contributed by atoms with van der Waals surface area (Å²) in [5.74, 6) is 1.16. The van der Waals surface area contributed by atoms with Crippen LogP contribution in [0.25, 0.3) is 0 Å². The van der Waals surface area contributed by atoms with E-state index in [1.54, 1.807) is 7.05 Å². The lowest BCUT2D eigenvalue weighted by molar-refractivity contribution is -0.122. The molecule has 1 aliphatic rings. The van der Waals surface area contributed by atoms with Gasteiger partial charge in [-0.05, 0) is 66.6 Å². The molecule has 0 saturated carbocycles.